The Kier molecular flexibility index (Phi) is 5.25. The van der Waals surface area contributed by atoms with E-state index in [4.69, 9.17) is 4.98 Å². The summed E-state index contributed by atoms with van der Waals surface area (Å²) in [4.78, 5) is 4.79. The van der Waals surface area contributed by atoms with Crippen LogP contribution < -0.4 is 5.32 Å². The zero-order valence-electron chi connectivity index (χ0n) is 14.6. The first-order chi connectivity index (χ1) is 12.8. The van der Waals surface area contributed by atoms with E-state index in [0.29, 0.717) is 0 Å². The molecule has 0 aliphatic carbocycles. The van der Waals surface area contributed by atoms with Gasteiger partial charge in [0, 0.05) is 22.9 Å². The lowest BCUT2D eigenvalue weighted by atomic mass is 9.98. The normalized spacial score (nSPS) is 12.2. The van der Waals surface area contributed by atoms with Gasteiger partial charge in [-0.1, -0.05) is 60.2 Å². The molecule has 2 nitrogen and oxygen atoms in total. The number of aryl methyl sites for hydroxylation is 1. The molecule has 0 aliphatic rings. The fourth-order valence-electron chi connectivity index (χ4n) is 2.95. The summed E-state index contributed by atoms with van der Waals surface area (Å²) in [5, 5.41) is 11.2. The Morgan fingerprint density at radius 3 is 2.42 bits per heavy atom. The summed E-state index contributed by atoms with van der Waals surface area (Å²) in [5.41, 5.74) is 6.12. The van der Waals surface area contributed by atoms with Gasteiger partial charge in [0.2, 0.25) is 0 Å². The first-order valence-electron chi connectivity index (χ1n) is 8.61. The van der Waals surface area contributed by atoms with E-state index < -0.39 is 0 Å². The molecule has 2 aromatic heterocycles. The highest BCUT2D eigenvalue weighted by Crippen LogP contribution is 2.27. The molecule has 1 atom stereocenters. The summed E-state index contributed by atoms with van der Waals surface area (Å²) < 4.78 is 0. The van der Waals surface area contributed by atoms with E-state index >= 15 is 0 Å². The molecule has 0 unspecified atom stereocenters. The van der Waals surface area contributed by atoms with Gasteiger partial charge in [-0.2, -0.15) is 11.3 Å². The lowest BCUT2D eigenvalue weighted by Crippen LogP contribution is -2.22. The first-order valence-corrected chi connectivity index (χ1v) is 10.4. The molecule has 2 aromatic carbocycles. The first kappa shape index (κ1) is 17.2. The average molecular weight is 377 g/mol. The number of thiophene rings is 1. The van der Waals surface area contributed by atoms with Gasteiger partial charge in [-0.05, 0) is 29.5 Å². The lowest BCUT2D eigenvalue weighted by Gasteiger charge is -2.19. The van der Waals surface area contributed by atoms with Crippen molar-refractivity contribution in [3.8, 4) is 10.6 Å². The van der Waals surface area contributed by atoms with E-state index in [2.05, 4.69) is 89.0 Å². The molecule has 0 saturated heterocycles. The maximum absolute atomic E-state index is 4.79. The van der Waals surface area contributed by atoms with Crippen molar-refractivity contribution in [2.45, 2.75) is 19.5 Å². The summed E-state index contributed by atoms with van der Waals surface area (Å²) in [6.45, 7) is 2.87. The lowest BCUT2D eigenvalue weighted by molar-refractivity contribution is 0.599. The minimum atomic E-state index is 0.156. The molecule has 2 heterocycles. The highest BCUT2D eigenvalue weighted by Gasteiger charge is 2.14. The smallest absolute Gasteiger partial charge is 0.124 e. The summed E-state index contributed by atoms with van der Waals surface area (Å²) in [5.74, 6) is 0. The second-order valence-electron chi connectivity index (χ2n) is 6.29. The Balaban J connectivity index is 1.54. The number of benzene rings is 2. The SMILES string of the molecule is Cc1ccc([C@@H](NCc2csc(-c3ccsc3)n2)c2ccccc2)cc1. The van der Waals surface area contributed by atoms with Crippen molar-refractivity contribution in [2.75, 3.05) is 0 Å². The molecule has 130 valence electrons. The number of hydrogen-bond donors (Lipinski definition) is 1. The Morgan fingerprint density at radius 1 is 0.923 bits per heavy atom. The molecule has 0 saturated carbocycles. The van der Waals surface area contributed by atoms with Crippen LogP contribution in [0, 0.1) is 6.92 Å². The van der Waals surface area contributed by atoms with Gasteiger partial charge in [0.25, 0.3) is 0 Å². The molecule has 0 spiro atoms. The van der Waals surface area contributed by atoms with Gasteiger partial charge in [0.1, 0.15) is 5.01 Å². The van der Waals surface area contributed by atoms with Crippen LogP contribution in [0.5, 0.6) is 0 Å². The number of nitrogens with one attached hydrogen (secondary N) is 1. The van der Waals surface area contributed by atoms with Gasteiger partial charge in [0.15, 0.2) is 0 Å². The van der Waals surface area contributed by atoms with Gasteiger partial charge in [0.05, 0.1) is 11.7 Å². The van der Waals surface area contributed by atoms with E-state index in [9.17, 15) is 0 Å². The number of rotatable bonds is 6. The van der Waals surface area contributed by atoms with Crippen LogP contribution in [0.15, 0.2) is 76.8 Å². The quantitative estimate of drug-likeness (QED) is 0.442. The zero-order valence-corrected chi connectivity index (χ0v) is 16.2. The third-order valence-corrected chi connectivity index (χ3v) is 5.97. The predicted octanol–water partition coefficient (Wildman–Crippen LogP) is 6.06. The molecule has 0 bridgehead atoms. The van der Waals surface area contributed by atoms with Crippen LogP contribution in [0.1, 0.15) is 28.4 Å². The molecular weight excluding hydrogens is 356 g/mol. The molecule has 4 aromatic rings. The third-order valence-electron chi connectivity index (χ3n) is 4.35. The topological polar surface area (TPSA) is 24.9 Å². The van der Waals surface area contributed by atoms with Crippen LogP contribution >= 0.6 is 22.7 Å². The van der Waals surface area contributed by atoms with Gasteiger partial charge in [-0.15, -0.1) is 11.3 Å². The molecule has 0 radical (unpaired) electrons. The molecule has 0 amide bonds. The van der Waals surface area contributed by atoms with Crippen molar-refractivity contribution in [1.29, 1.82) is 0 Å². The van der Waals surface area contributed by atoms with E-state index in [0.717, 1.165) is 17.2 Å². The second kappa shape index (κ2) is 7.96. The molecule has 26 heavy (non-hydrogen) atoms. The Hall–Kier alpha value is -2.27. The van der Waals surface area contributed by atoms with E-state index in [1.54, 1.807) is 22.7 Å². The second-order valence-corrected chi connectivity index (χ2v) is 7.93. The average Bonchev–Trinajstić information content (AvgIpc) is 3.36. The highest BCUT2D eigenvalue weighted by molar-refractivity contribution is 7.14. The summed E-state index contributed by atoms with van der Waals surface area (Å²) in [6, 6.07) is 21.6. The number of thiazole rings is 1. The van der Waals surface area contributed by atoms with E-state index in [1.807, 2.05) is 0 Å². The monoisotopic (exact) mass is 376 g/mol. The van der Waals surface area contributed by atoms with Crippen molar-refractivity contribution >= 4 is 22.7 Å². The van der Waals surface area contributed by atoms with Crippen LogP contribution in [-0.2, 0) is 6.54 Å². The maximum Gasteiger partial charge on any atom is 0.124 e. The largest absolute Gasteiger partial charge is 0.301 e. The van der Waals surface area contributed by atoms with Crippen molar-refractivity contribution < 1.29 is 0 Å². The minimum absolute atomic E-state index is 0.156. The Bertz CT molecular complexity index is 942. The number of nitrogens with zero attached hydrogens (tertiary/aromatic N) is 1. The highest BCUT2D eigenvalue weighted by atomic mass is 32.1. The summed E-state index contributed by atoms with van der Waals surface area (Å²) >= 11 is 3.42. The van der Waals surface area contributed by atoms with E-state index in [-0.39, 0.29) is 6.04 Å². The number of aromatic nitrogens is 1. The van der Waals surface area contributed by atoms with Crippen LogP contribution in [-0.4, -0.2) is 4.98 Å². The molecule has 0 fully saturated rings. The van der Waals surface area contributed by atoms with Crippen LogP contribution in [0.25, 0.3) is 10.6 Å². The van der Waals surface area contributed by atoms with Gasteiger partial charge >= 0.3 is 0 Å². The minimum Gasteiger partial charge on any atom is -0.301 e. The van der Waals surface area contributed by atoms with Gasteiger partial charge in [-0.3, -0.25) is 0 Å². The van der Waals surface area contributed by atoms with Crippen molar-refractivity contribution in [2.24, 2.45) is 0 Å². The summed E-state index contributed by atoms with van der Waals surface area (Å²) in [6.07, 6.45) is 0. The van der Waals surface area contributed by atoms with Crippen LogP contribution in [0.3, 0.4) is 0 Å². The fraction of sp³-hybridized carbons (Fsp3) is 0.136. The Morgan fingerprint density at radius 2 is 1.69 bits per heavy atom. The maximum atomic E-state index is 4.79. The van der Waals surface area contributed by atoms with E-state index in [1.165, 1.54) is 22.3 Å². The zero-order chi connectivity index (χ0) is 17.8. The van der Waals surface area contributed by atoms with Crippen molar-refractivity contribution in [3.05, 3.63) is 99.2 Å². The summed E-state index contributed by atoms with van der Waals surface area (Å²) in [7, 11) is 0. The predicted molar refractivity (Wildman–Crippen MR) is 112 cm³/mol. The van der Waals surface area contributed by atoms with Crippen LogP contribution in [0.4, 0.5) is 0 Å². The van der Waals surface area contributed by atoms with Crippen LogP contribution in [0.2, 0.25) is 0 Å². The molecule has 0 aliphatic heterocycles. The fourth-order valence-corrected chi connectivity index (χ4v) is 4.48. The van der Waals surface area contributed by atoms with Gasteiger partial charge < -0.3 is 5.32 Å². The standard InChI is InChI=1S/C22H20N2S2/c1-16-7-9-18(10-8-16)21(17-5-3-2-4-6-17)23-13-20-15-26-22(24-20)19-11-12-25-14-19/h2-12,14-15,21,23H,13H2,1H3/t21-/m0/s1. The molecule has 4 rings (SSSR count). The third kappa shape index (κ3) is 3.93. The van der Waals surface area contributed by atoms with Crippen molar-refractivity contribution in [1.82, 2.24) is 10.3 Å². The molecule has 1 N–H and O–H groups in total. The van der Waals surface area contributed by atoms with Crippen molar-refractivity contribution in [3.63, 3.8) is 0 Å². The van der Waals surface area contributed by atoms with Gasteiger partial charge in [-0.25, -0.2) is 4.98 Å². The Labute approximate surface area is 162 Å². The molecular formula is C22H20N2S2. The number of hydrogen-bond acceptors (Lipinski definition) is 4. The molecule has 4 heteroatoms.